The molecule has 0 unspecified atom stereocenters. The van der Waals surface area contributed by atoms with Crippen LogP contribution in [0.3, 0.4) is 0 Å². The molecule has 202 valence electrons. The van der Waals surface area contributed by atoms with Gasteiger partial charge in [0.1, 0.15) is 12.6 Å². The van der Waals surface area contributed by atoms with Gasteiger partial charge in [-0.15, -0.1) is 0 Å². The topological polar surface area (TPSA) is 107 Å². The number of carboxylic acid groups (broad SMARTS) is 1. The zero-order chi connectivity index (χ0) is 27.8. The SMILES string of the molecule is CC[C@H](C(=O)N[C@H](C(=O)N(C)[C@H](CN(CC(=O)O)C(C)=O)C(C)C)C(C)C)C(C)(C)c1ccccc1. The summed E-state index contributed by atoms with van der Waals surface area (Å²) in [6.07, 6.45) is 0.611. The first-order chi connectivity index (χ1) is 16.6. The normalized spacial score (nSPS) is 14.2. The highest BCUT2D eigenvalue weighted by atomic mass is 16.4. The lowest BCUT2D eigenvalue weighted by Gasteiger charge is -2.39. The first-order valence-electron chi connectivity index (χ1n) is 12.7. The zero-order valence-corrected chi connectivity index (χ0v) is 23.4. The molecule has 1 rings (SSSR count). The zero-order valence-electron chi connectivity index (χ0n) is 23.4. The van der Waals surface area contributed by atoms with Crippen LogP contribution in [-0.4, -0.2) is 70.8 Å². The summed E-state index contributed by atoms with van der Waals surface area (Å²) in [5.41, 5.74) is 0.620. The number of rotatable bonds is 13. The maximum absolute atomic E-state index is 13.7. The van der Waals surface area contributed by atoms with Crippen molar-refractivity contribution in [2.24, 2.45) is 17.8 Å². The van der Waals surface area contributed by atoms with Gasteiger partial charge >= 0.3 is 5.97 Å². The summed E-state index contributed by atoms with van der Waals surface area (Å²) in [6.45, 7) is 14.7. The van der Waals surface area contributed by atoms with Crippen LogP contribution in [0.15, 0.2) is 30.3 Å². The Kier molecular flexibility index (Phi) is 11.6. The van der Waals surface area contributed by atoms with Crippen molar-refractivity contribution < 1.29 is 24.3 Å². The summed E-state index contributed by atoms with van der Waals surface area (Å²) < 4.78 is 0. The molecule has 0 fully saturated rings. The lowest BCUT2D eigenvalue weighted by atomic mass is 9.71. The lowest BCUT2D eigenvalue weighted by molar-refractivity contribution is -0.146. The highest BCUT2D eigenvalue weighted by Gasteiger charge is 2.39. The van der Waals surface area contributed by atoms with E-state index in [1.54, 1.807) is 11.9 Å². The summed E-state index contributed by atoms with van der Waals surface area (Å²) in [5.74, 6) is -2.47. The molecule has 0 aliphatic heterocycles. The van der Waals surface area contributed by atoms with Gasteiger partial charge < -0.3 is 20.2 Å². The Balaban J connectivity index is 3.17. The molecule has 3 atom stereocenters. The maximum atomic E-state index is 13.7. The Labute approximate surface area is 216 Å². The summed E-state index contributed by atoms with van der Waals surface area (Å²) >= 11 is 0. The van der Waals surface area contributed by atoms with E-state index >= 15 is 0 Å². The van der Waals surface area contributed by atoms with Crippen LogP contribution >= 0.6 is 0 Å². The molecule has 0 aliphatic carbocycles. The van der Waals surface area contributed by atoms with Gasteiger partial charge in [-0.25, -0.2) is 0 Å². The number of carboxylic acids is 1. The Morgan fingerprint density at radius 3 is 1.97 bits per heavy atom. The molecule has 2 N–H and O–H groups in total. The molecule has 0 aliphatic rings. The van der Waals surface area contributed by atoms with E-state index in [1.807, 2.05) is 78.8 Å². The van der Waals surface area contributed by atoms with E-state index in [2.05, 4.69) is 5.32 Å². The van der Waals surface area contributed by atoms with E-state index in [-0.39, 0.29) is 42.0 Å². The predicted octanol–water partition coefficient (Wildman–Crippen LogP) is 3.55. The fraction of sp³-hybridized carbons (Fsp3) is 0.643. The van der Waals surface area contributed by atoms with Gasteiger partial charge in [0.25, 0.3) is 0 Å². The average molecular weight is 504 g/mol. The van der Waals surface area contributed by atoms with Crippen LogP contribution in [-0.2, 0) is 24.6 Å². The van der Waals surface area contributed by atoms with Crippen LogP contribution in [0.1, 0.15) is 67.4 Å². The molecule has 0 heterocycles. The summed E-state index contributed by atoms with van der Waals surface area (Å²) in [5, 5.41) is 12.2. The molecule has 8 heteroatoms. The molecule has 36 heavy (non-hydrogen) atoms. The fourth-order valence-corrected chi connectivity index (χ4v) is 4.72. The maximum Gasteiger partial charge on any atom is 0.323 e. The second kappa shape index (κ2) is 13.4. The number of hydrogen-bond donors (Lipinski definition) is 2. The van der Waals surface area contributed by atoms with E-state index in [1.165, 1.54) is 11.8 Å². The highest BCUT2D eigenvalue weighted by Crippen LogP contribution is 2.34. The van der Waals surface area contributed by atoms with Gasteiger partial charge in [-0.3, -0.25) is 19.2 Å². The molecule has 0 bridgehead atoms. The van der Waals surface area contributed by atoms with Crippen LogP contribution in [0.2, 0.25) is 0 Å². The van der Waals surface area contributed by atoms with E-state index in [9.17, 15) is 24.3 Å². The molecule has 3 amide bonds. The predicted molar refractivity (Wildman–Crippen MR) is 141 cm³/mol. The van der Waals surface area contributed by atoms with Crippen LogP contribution in [0.5, 0.6) is 0 Å². The molecule has 1 aromatic rings. The number of aliphatic carboxylic acids is 1. The van der Waals surface area contributed by atoms with Crippen molar-refractivity contribution >= 4 is 23.7 Å². The minimum Gasteiger partial charge on any atom is -0.480 e. The van der Waals surface area contributed by atoms with Gasteiger partial charge in [0.15, 0.2) is 0 Å². The lowest BCUT2D eigenvalue weighted by Crippen LogP contribution is -2.58. The first-order valence-corrected chi connectivity index (χ1v) is 12.7. The average Bonchev–Trinajstić information content (AvgIpc) is 2.79. The molecule has 0 spiro atoms. The standard InChI is InChI=1S/C28H45N3O5/c1-10-22(28(7,8)21-14-12-11-13-15-21)26(35)29-25(19(4)5)27(36)30(9)23(18(2)3)16-31(20(6)32)17-24(33)34/h11-15,18-19,22-23,25H,10,16-17H2,1-9H3,(H,29,35)(H,33,34)/t22-,23-,25+/m1/s1. The largest absolute Gasteiger partial charge is 0.480 e. The van der Waals surface area contributed by atoms with E-state index in [4.69, 9.17) is 0 Å². The van der Waals surface area contributed by atoms with Gasteiger partial charge in [0.05, 0.1) is 6.04 Å². The Morgan fingerprint density at radius 1 is 1.00 bits per heavy atom. The molecular formula is C28H45N3O5. The van der Waals surface area contributed by atoms with Crippen molar-refractivity contribution in [1.82, 2.24) is 15.1 Å². The minimum atomic E-state index is -1.11. The molecule has 0 aromatic heterocycles. The number of nitrogens with one attached hydrogen (secondary N) is 1. The molecule has 0 saturated heterocycles. The molecule has 1 aromatic carbocycles. The van der Waals surface area contributed by atoms with Crippen molar-refractivity contribution in [3.63, 3.8) is 0 Å². The third-order valence-corrected chi connectivity index (χ3v) is 7.14. The van der Waals surface area contributed by atoms with E-state index in [0.717, 1.165) is 5.56 Å². The van der Waals surface area contributed by atoms with Gasteiger partial charge in [0.2, 0.25) is 17.7 Å². The van der Waals surface area contributed by atoms with Crippen molar-refractivity contribution in [2.75, 3.05) is 20.1 Å². The smallest absolute Gasteiger partial charge is 0.323 e. The summed E-state index contributed by atoms with van der Waals surface area (Å²) in [6, 6.07) is 8.71. The van der Waals surface area contributed by atoms with Crippen molar-refractivity contribution in [3.8, 4) is 0 Å². The van der Waals surface area contributed by atoms with Gasteiger partial charge in [-0.1, -0.05) is 78.8 Å². The van der Waals surface area contributed by atoms with Gasteiger partial charge in [0, 0.05) is 31.8 Å². The number of carbonyl (C=O) groups is 4. The third kappa shape index (κ3) is 8.07. The number of likely N-dealkylation sites (N-methyl/N-ethyl adjacent to an activating group) is 1. The molecule has 8 nitrogen and oxygen atoms in total. The van der Waals surface area contributed by atoms with Crippen LogP contribution in [0, 0.1) is 17.8 Å². The molecule has 0 radical (unpaired) electrons. The molecule has 0 saturated carbocycles. The quantitative estimate of drug-likeness (QED) is 0.428. The van der Waals surface area contributed by atoms with Crippen molar-refractivity contribution in [1.29, 1.82) is 0 Å². The molecular weight excluding hydrogens is 458 g/mol. The minimum absolute atomic E-state index is 0.0430. The van der Waals surface area contributed by atoms with Crippen molar-refractivity contribution in [3.05, 3.63) is 35.9 Å². The second-order valence-electron chi connectivity index (χ2n) is 10.8. The number of hydrogen-bond acceptors (Lipinski definition) is 4. The number of nitrogens with zero attached hydrogens (tertiary/aromatic N) is 2. The fourth-order valence-electron chi connectivity index (χ4n) is 4.72. The second-order valence-corrected chi connectivity index (χ2v) is 10.8. The summed E-state index contributed by atoms with van der Waals surface area (Å²) in [7, 11) is 1.65. The van der Waals surface area contributed by atoms with Crippen molar-refractivity contribution in [2.45, 2.75) is 79.3 Å². The number of benzene rings is 1. The van der Waals surface area contributed by atoms with Crippen LogP contribution in [0.4, 0.5) is 0 Å². The van der Waals surface area contributed by atoms with Gasteiger partial charge in [-0.2, -0.15) is 0 Å². The first kappa shape index (κ1) is 31.1. The highest BCUT2D eigenvalue weighted by molar-refractivity contribution is 5.89. The Hall–Kier alpha value is -2.90. The number of amides is 3. The van der Waals surface area contributed by atoms with Crippen LogP contribution < -0.4 is 5.32 Å². The third-order valence-electron chi connectivity index (χ3n) is 7.14. The van der Waals surface area contributed by atoms with E-state index in [0.29, 0.717) is 6.42 Å². The Morgan fingerprint density at radius 2 is 1.56 bits per heavy atom. The van der Waals surface area contributed by atoms with E-state index < -0.39 is 30.0 Å². The Bertz CT molecular complexity index is 898. The number of carbonyl (C=O) groups excluding carboxylic acids is 3. The van der Waals surface area contributed by atoms with Gasteiger partial charge in [-0.05, 0) is 23.8 Å². The summed E-state index contributed by atoms with van der Waals surface area (Å²) in [4.78, 5) is 53.3. The monoisotopic (exact) mass is 503 g/mol. The van der Waals surface area contributed by atoms with Crippen LogP contribution in [0.25, 0.3) is 0 Å².